The van der Waals surface area contributed by atoms with E-state index in [0.717, 1.165) is 13.8 Å². The zero-order valence-corrected chi connectivity index (χ0v) is 19.7. The fourth-order valence-electron chi connectivity index (χ4n) is 3.67. The fraction of sp³-hybridized carbons (Fsp3) is 0.458. The van der Waals surface area contributed by atoms with Crippen molar-refractivity contribution in [2.75, 3.05) is 13.1 Å². The molecular formula is C24H28F3NO4S. The Morgan fingerprint density at radius 1 is 1.00 bits per heavy atom. The lowest BCUT2D eigenvalue weighted by molar-refractivity contribution is -0.234. The van der Waals surface area contributed by atoms with Crippen molar-refractivity contribution in [1.29, 1.82) is 0 Å². The summed E-state index contributed by atoms with van der Waals surface area (Å²) < 4.78 is 71.1. The number of piperidine rings is 1. The molecule has 0 spiro atoms. The Balaban J connectivity index is 1.61. The maximum absolute atomic E-state index is 13.0. The Kier molecular flexibility index (Phi) is 6.96. The van der Waals surface area contributed by atoms with E-state index in [1.807, 2.05) is 6.92 Å². The van der Waals surface area contributed by atoms with Gasteiger partial charge in [0.25, 0.3) is 0 Å². The van der Waals surface area contributed by atoms with Gasteiger partial charge >= 0.3 is 6.18 Å². The SMILES string of the molecule is CC1(C(=O)Cc2ccc(OC(C)(C)C(F)(F)F)cc2)CCN(S(=O)(=O)c2ccccc2)CC1. The van der Waals surface area contributed by atoms with Crippen molar-refractivity contribution in [2.45, 2.75) is 56.7 Å². The van der Waals surface area contributed by atoms with Gasteiger partial charge in [-0.25, -0.2) is 8.42 Å². The number of carbonyl (C=O) groups is 1. The second-order valence-electron chi connectivity index (χ2n) is 9.13. The zero-order chi connectivity index (χ0) is 24.5. The van der Waals surface area contributed by atoms with Crippen LogP contribution in [-0.2, 0) is 21.2 Å². The van der Waals surface area contributed by atoms with Gasteiger partial charge in [0, 0.05) is 24.9 Å². The van der Waals surface area contributed by atoms with Crippen molar-refractivity contribution in [1.82, 2.24) is 4.31 Å². The first-order valence-corrected chi connectivity index (χ1v) is 12.1. The van der Waals surface area contributed by atoms with Crippen molar-refractivity contribution in [2.24, 2.45) is 5.41 Å². The van der Waals surface area contributed by atoms with E-state index in [9.17, 15) is 26.4 Å². The third-order valence-corrected chi connectivity index (χ3v) is 8.14. The van der Waals surface area contributed by atoms with Gasteiger partial charge in [-0.1, -0.05) is 37.3 Å². The van der Waals surface area contributed by atoms with Crippen LogP contribution in [0.5, 0.6) is 5.75 Å². The lowest BCUT2D eigenvalue weighted by Gasteiger charge is -2.37. The number of ketones is 1. The van der Waals surface area contributed by atoms with E-state index < -0.39 is 27.2 Å². The average molecular weight is 484 g/mol. The molecule has 9 heteroatoms. The number of benzene rings is 2. The van der Waals surface area contributed by atoms with Gasteiger partial charge < -0.3 is 4.74 Å². The summed E-state index contributed by atoms with van der Waals surface area (Å²) in [6.45, 7) is 4.24. The number of alkyl halides is 3. The molecule has 0 bridgehead atoms. The number of halogens is 3. The third-order valence-electron chi connectivity index (χ3n) is 6.22. The topological polar surface area (TPSA) is 63.7 Å². The highest BCUT2D eigenvalue weighted by Crippen LogP contribution is 2.36. The van der Waals surface area contributed by atoms with Gasteiger partial charge in [-0.2, -0.15) is 17.5 Å². The molecule has 1 heterocycles. The Bertz CT molecular complexity index is 1070. The number of carbonyl (C=O) groups excluding carboxylic acids is 1. The van der Waals surface area contributed by atoms with Crippen molar-refractivity contribution >= 4 is 15.8 Å². The molecule has 0 amide bonds. The maximum Gasteiger partial charge on any atom is 0.427 e. The highest BCUT2D eigenvalue weighted by atomic mass is 32.2. The standard InChI is InChI=1S/C24H28F3NO4S/c1-22(2,24(25,26)27)32-19-11-9-18(10-12-19)17-21(29)23(3)13-15-28(16-14-23)33(30,31)20-7-5-4-6-8-20/h4-12H,13-17H2,1-3H3. The van der Waals surface area contributed by atoms with Gasteiger partial charge in [-0.3, -0.25) is 4.79 Å². The Hall–Kier alpha value is -2.39. The minimum absolute atomic E-state index is 0.0245. The monoisotopic (exact) mass is 483 g/mol. The summed E-state index contributed by atoms with van der Waals surface area (Å²) in [4.78, 5) is 13.2. The van der Waals surface area contributed by atoms with E-state index in [-0.39, 0.29) is 35.9 Å². The largest absolute Gasteiger partial charge is 0.478 e. The van der Waals surface area contributed by atoms with Gasteiger partial charge in [-0.15, -0.1) is 0 Å². The maximum atomic E-state index is 13.0. The van der Waals surface area contributed by atoms with E-state index in [4.69, 9.17) is 4.74 Å². The number of hydrogen-bond donors (Lipinski definition) is 0. The molecule has 2 aromatic rings. The molecule has 0 radical (unpaired) electrons. The summed E-state index contributed by atoms with van der Waals surface area (Å²) >= 11 is 0. The minimum Gasteiger partial charge on any atom is -0.478 e. The van der Waals surface area contributed by atoms with Gasteiger partial charge in [0.1, 0.15) is 11.5 Å². The Morgan fingerprint density at radius 2 is 1.55 bits per heavy atom. The van der Waals surface area contributed by atoms with Crippen LogP contribution in [0.25, 0.3) is 0 Å². The molecule has 1 aliphatic heterocycles. The molecule has 0 unspecified atom stereocenters. The Labute approximate surface area is 192 Å². The third kappa shape index (κ3) is 5.58. The number of hydrogen-bond acceptors (Lipinski definition) is 4. The first-order valence-electron chi connectivity index (χ1n) is 10.7. The van der Waals surface area contributed by atoms with Crippen LogP contribution in [0.3, 0.4) is 0 Å². The summed E-state index contributed by atoms with van der Waals surface area (Å²) in [5, 5.41) is 0. The van der Waals surface area contributed by atoms with Crippen LogP contribution in [0.1, 0.15) is 39.2 Å². The average Bonchev–Trinajstić information content (AvgIpc) is 2.75. The van der Waals surface area contributed by atoms with E-state index in [2.05, 4.69) is 0 Å². The van der Waals surface area contributed by atoms with Crippen molar-refractivity contribution in [3.05, 3.63) is 60.2 Å². The van der Waals surface area contributed by atoms with E-state index >= 15 is 0 Å². The second-order valence-corrected chi connectivity index (χ2v) is 11.1. The molecule has 33 heavy (non-hydrogen) atoms. The van der Waals surface area contributed by atoms with E-state index in [1.165, 1.54) is 16.4 Å². The van der Waals surface area contributed by atoms with Crippen LogP contribution in [0.2, 0.25) is 0 Å². The van der Waals surface area contributed by atoms with Crippen LogP contribution < -0.4 is 4.74 Å². The second kappa shape index (κ2) is 9.10. The predicted molar refractivity (Wildman–Crippen MR) is 118 cm³/mol. The summed E-state index contributed by atoms with van der Waals surface area (Å²) in [7, 11) is -3.60. The normalized spacial score (nSPS) is 17.5. The van der Waals surface area contributed by atoms with Crippen LogP contribution in [0.15, 0.2) is 59.5 Å². The van der Waals surface area contributed by atoms with Crippen LogP contribution >= 0.6 is 0 Å². The van der Waals surface area contributed by atoms with Gasteiger partial charge in [0.05, 0.1) is 4.90 Å². The molecule has 0 atom stereocenters. The van der Waals surface area contributed by atoms with E-state index in [1.54, 1.807) is 42.5 Å². The molecule has 0 aromatic heterocycles. The highest BCUT2D eigenvalue weighted by Gasteiger charge is 2.49. The lowest BCUT2D eigenvalue weighted by Crippen LogP contribution is -2.45. The number of sulfonamides is 1. The molecular weight excluding hydrogens is 455 g/mol. The molecule has 1 fully saturated rings. The first kappa shape index (κ1) is 25.2. The van der Waals surface area contributed by atoms with Crippen LogP contribution in [0.4, 0.5) is 13.2 Å². The lowest BCUT2D eigenvalue weighted by atomic mass is 9.75. The molecule has 180 valence electrons. The van der Waals surface area contributed by atoms with Crippen LogP contribution in [0, 0.1) is 5.41 Å². The molecule has 5 nitrogen and oxygen atoms in total. The Morgan fingerprint density at radius 3 is 2.06 bits per heavy atom. The first-order chi connectivity index (χ1) is 15.2. The van der Waals surface area contributed by atoms with Crippen LogP contribution in [-0.4, -0.2) is 43.4 Å². The number of rotatable bonds is 7. The quantitative estimate of drug-likeness (QED) is 0.556. The van der Waals surface area contributed by atoms with Crippen molar-refractivity contribution in [3.63, 3.8) is 0 Å². The van der Waals surface area contributed by atoms with Gasteiger partial charge in [0.2, 0.25) is 10.0 Å². The molecule has 0 N–H and O–H groups in total. The molecule has 2 aromatic carbocycles. The minimum atomic E-state index is -4.51. The summed E-state index contributed by atoms with van der Waals surface area (Å²) in [5.41, 5.74) is -2.33. The van der Waals surface area contributed by atoms with E-state index in [0.29, 0.717) is 18.4 Å². The summed E-state index contributed by atoms with van der Waals surface area (Å²) in [5.74, 6) is 0.0442. The molecule has 0 aliphatic carbocycles. The molecule has 0 saturated carbocycles. The van der Waals surface area contributed by atoms with Crippen molar-refractivity contribution < 1.29 is 31.1 Å². The number of ether oxygens (including phenoxy) is 1. The number of Topliss-reactive ketones (excluding diaryl/α,β-unsaturated/α-hetero) is 1. The van der Waals surface area contributed by atoms with Gasteiger partial charge in [-0.05, 0) is 56.5 Å². The van der Waals surface area contributed by atoms with Crippen molar-refractivity contribution in [3.8, 4) is 5.75 Å². The molecule has 1 aliphatic rings. The zero-order valence-electron chi connectivity index (χ0n) is 18.9. The fourth-order valence-corrected chi connectivity index (χ4v) is 5.13. The van der Waals surface area contributed by atoms with Gasteiger partial charge in [0.15, 0.2) is 5.60 Å². The smallest absolute Gasteiger partial charge is 0.427 e. The highest BCUT2D eigenvalue weighted by molar-refractivity contribution is 7.89. The summed E-state index contributed by atoms with van der Waals surface area (Å²) in [6.07, 6.45) is -3.60. The predicted octanol–water partition coefficient (Wildman–Crippen LogP) is 5.01. The summed E-state index contributed by atoms with van der Waals surface area (Å²) in [6, 6.07) is 14.2. The molecule has 1 saturated heterocycles. The molecule has 3 rings (SSSR count). The number of nitrogens with zero attached hydrogens (tertiary/aromatic N) is 1.